The van der Waals surface area contributed by atoms with Crippen molar-refractivity contribution in [1.29, 1.82) is 0 Å². The molecule has 0 aliphatic rings. The van der Waals surface area contributed by atoms with E-state index in [9.17, 15) is 4.79 Å². The molecule has 0 atom stereocenters. The van der Waals surface area contributed by atoms with E-state index in [1.165, 1.54) is 12.5 Å². The minimum Gasteiger partial charge on any atom is -0.357 e. The molecule has 152 valence electrons. The molecule has 0 aliphatic carbocycles. The third kappa shape index (κ3) is 8.48. The molecule has 0 aliphatic heterocycles. The summed E-state index contributed by atoms with van der Waals surface area (Å²) in [5.74, 6) is 0.803. The minimum atomic E-state index is -0.0645. The maximum Gasteiger partial charge on any atom is 0.221 e. The fraction of sp³-hybridized carbons (Fsp3) is 0.333. The van der Waals surface area contributed by atoms with E-state index in [1.54, 1.807) is 0 Å². The van der Waals surface area contributed by atoms with Crippen molar-refractivity contribution >= 4 is 53.1 Å². The summed E-state index contributed by atoms with van der Waals surface area (Å²) in [6, 6.07) is 15.7. The highest BCUT2D eigenvalue weighted by Gasteiger charge is 2.07. The zero-order valence-corrected chi connectivity index (χ0v) is 19.6. The van der Waals surface area contributed by atoms with Crippen LogP contribution >= 0.6 is 35.6 Å². The van der Waals surface area contributed by atoms with Crippen molar-refractivity contribution < 1.29 is 4.79 Å². The number of nitrogens with one attached hydrogen (secondary N) is 2. The van der Waals surface area contributed by atoms with Crippen molar-refractivity contribution in [2.45, 2.75) is 26.8 Å². The van der Waals surface area contributed by atoms with Gasteiger partial charge in [0.05, 0.1) is 0 Å². The van der Waals surface area contributed by atoms with Crippen LogP contribution in [0.1, 0.15) is 25.0 Å². The van der Waals surface area contributed by atoms with E-state index in [0.717, 1.165) is 41.7 Å². The molecule has 0 aromatic heterocycles. The highest BCUT2D eigenvalue weighted by Crippen LogP contribution is 2.13. The Morgan fingerprint density at radius 2 is 1.86 bits per heavy atom. The molecule has 0 spiro atoms. The number of guanidine groups is 1. The van der Waals surface area contributed by atoms with E-state index in [2.05, 4.69) is 28.5 Å². The van der Waals surface area contributed by atoms with Gasteiger partial charge in [0.25, 0.3) is 0 Å². The van der Waals surface area contributed by atoms with Gasteiger partial charge in [0.2, 0.25) is 5.91 Å². The molecule has 2 aromatic carbocycles. The Morgan fingerprint density at radius 3 is 2.46 bits per heavy atom. The minimum absolute atomic E-state index is 0. The first-order chi connectivity index (χ1) is 13.0. The summed E-state index contributed by atoms with van der Waals surface area (Å²) < 4.78 is 0. The lowest BCUT2D eigenvalue weighted by Gasteiger charge is -2.22. The number of hydrogen-bond donors (Lipinski definition) is 2. The van der Waals surface area contributed by atoms with Gasteiger partial charge in [-0.15, -0.1) is 24.0 Å². The predicted octanol–water partition coefficient (Wildman–Crippen LogP) is 4.56. The SMILES string of the molecule is CCNC(=NCCc1ccc(NC(C)=O)cc1)N(C)Cc1cccc(Cl)c1.I. The van der Waals surface area contributed by atoms with Crippen molar-refractivity contribution in [3.63, 3.8) is 0 Å². The molecule has 0 heterocycles. The monoisotopic (exact) mass is 514 g/mol. The number of nitrogens with zero attached hydrogens (tertiary/aromatic N) is 2. The summed E-state index contributed by atoms with van der Waals surface area (Å²) in [6.07, 6.45) is 0.834. The number of amides is 1. The van der Waals surface area contributed by atoms with E-state index in [4.69, 9.17) is 16.6 Å². The van der Waals surface area contributed by atoms with Crippen molar-refractivity contribution in [2.75, 3.05) is 25.5 Å². The molecule has 0 saturated carbocycles. The lowest BCUT2D eigenvalue weighted by Crippen LogP contribution is -2.38. The van der Waals surface area contributed by atoms with Crippen LogP contribution in [0.25, 0.3) is 0 Å². The first kappa shape index (κ1) is 24.2. The van der Waals surface area contributed by atoms with E-state index < -0.39 is 0 Å². The highest BCUT2D eigenvalue weighted by molar-refractivity contribution is 14.0. The number of rotatable bonds is 7. The second kappa shape index (κ2) is 12.6. The highest BCUT2D eigenvalue weighted by atomic mass is 127. The molecule has 7 heteroatoms. The van der Waals surface area contributed by atoms with Crippen molar-refractivity contribution in [1.82, 2.24) is 10.2 Å². The number of aliphatic imine (C=N–C) groups is 1. The molecule has 0 unspecified atom stereocenters. The molecule has 2 rings (SSSR count). The van der Waals surface area contributed by atoms with Crippen molar-refractivity contribution in [3.8, 4) is 0 Å². The summed E-state index contributed by atoms with van der Waals surface area (Å²) in [7, 11) is 2.02. The van der Waals surface area contributed by atoms with E-state index in [0.29, 0.717) is 6.54 Å². The molecule has 5 nitrogen and oxygen atoms in total. The molecule has 1 amide bonds. The fourth-order valence-electron chi connectivity index (χ4n) is 2.70. The smallest absolute Gasteiger partial charge is 0.221 e. The molecule has 0 bridgehead atoms. The summed E-state index contributed by atoms with van der Waals surface area (Å²) >= 11 is 6.07. The van der Waals surface area contributed by atoms with Crippen LogP contribution in [0.2, 0.25) is 5.02 Å². The van der Waals surface area contributed by atoms with Crippen molar-refractivity contribution in [2.24, 2.45) is 4.99 Å². The molecular weight excluding hydrogens is 487 g/mol. The average Bonchev–Trinajstić information content (AvgIpc) is 2.62. The first-order valence-corrected chi connectivity index (χ1v) is 9.46. The van der Waals surface area contributed by atoms with Gasteiger partial charge in [-0.25, -0.2) is 0 Å². The van der Waals surface area contributed by atoms with Gasteiger partial charge in [-0.1, -0.05) is 35.9 Å². The Labute approximate surface area is 189 Å². The topological polar surface area (TPSA) is 56.7 Å². The molecule has 2 aromatic rings. The normalized spacial score (nSPS) is 10.8. The molecule has 0 saturated heterocycles. The van der Waals surface area contributed by atoms with Gasteiger partial charge in [0, 0.05) is 44.3 Å². The number of anilines is 1. The lowest BCUT2D eigenvalue weighted by atomic mass is 10.1. The first-order valence-electron chi connectivity index (χ1n) is 9.08. The van der Waals surface area contributed by atoms with Crippen LogP contribution in [-0.2, 0) is 17.8 Å². The van der Waals surface area contributed by atoms with Gasteiger partial charge in [-0.3, -0.25) is 9.79 Å². The largest absolute Gasteiger partial charge is 0.357 e. The average molecular weight is 515 g/mol. The zero-order valence-electron chi connectivity index (χ0n) is 16.5. The number of carbonyl (C=O) groups excluding carboxylic acids is 1. The second-order valence-corrected chi connectivity index (χ2v) is 6.79. The van der Waals surface area contributed by atoms with E-state index >= 15 is 0 Å². The standard InChI is InChI=1S/C21H27ClN4O.HI/c1-4-23-21(26(3)15-18-6-5-7-19(22)14-18)24-13-12-17-8-10-20(11-9-17)25-16(2)27;/h5-11,14H,4,12-13,15H2,1-3H3,(H,23,24)(H,25,27);1H. The van der Waals surface area contributed by atoms with Gasteiger partial charge < -0.3 is 15.5 Å². The predicted molar refractivity (Wildman–Crippen MR) is 129 cm³/mol. The Kier molecular flexibility index (Phi) is 10.9. The third-order valence-corrected chi connectivity index (χ3v) is 4.18. The second-order valence-electron chi connectivity index (χ2n) is 6.35. The maximum atomic E-state index is 11.1. The number of benzene rings is 2. The summed E-state index contributed by atoms with van der Waals surface area (Å²) in [5.41, 5.74) is 3.13. The van der Waals surface area contributed by atoms with Crippen LogP contribution in [0, 0.1) is 0 Å². The van der Waals surface area contributed by atoms with E-state index in [1.807, 2.05) is 49.5 Å². The number of carbonyl (C=O) groups is 1. The molecule has 0 radical (unpaired) electrons. The fourth-order valence-corrected chi connectivity index (χ4v) is 2.92. The Morgan fingerprint density at radius 1 is 1.14 bits per heavy atom. The maximum absolute atomic E-state index is 11.1. The zero-order chi connectivity index (χ0) is 19.6. The molecule has 0 fully saturated rings. The number of halogens is 2. The molecule has 28 heavy (non-hydrogen) atoms. The van der Waals surface area contributed by atoms with Gasteiger partial charge in [-0.2, -0.15) is 0 Å². The third-order valence-electron chi connectivity index (χ3n) is 3.94. The van der Waals surface area contributed by atoms with Gasteiger partial charge in [0.15, 0.2) is 5.96 Å². The Balaban J connectivity index is 0.00000392. The summed E-state index contributed by atoms with van der Waals surface area (Å²) in [6.45, 7) is 5.79. The Hall–Kier alpha value is -1.80. The molecular formula is C21H28ClIN4O. The summed E-state index contributed by atoms with van der Waals surface area (Å²) in [5, 5.41) is 6.84. The summed E-state index contributed by atoms with van der Waals surface area (Å²) in [4.78, 5) is 17.9. The van der Waals surface area contributed by atoms with Crippen LogP contribution in [-0.4, -0.2) is 36.9 Å². The Bertz CT molecular complexity index is 780. The van der Waals surface area contributed by atoms with Crippen LogP contribution in [0.15, 0.2) is 53.5 Å². The van der Waals surface area contributed by atoms with E-state index in [-0.39, 0.29) is 29.9 Å². The number of hydrogen-bond acceptors (Lipinski definition) is 2. The van der Waals surface area contributed by atoms with Gasteiger partial charge in [0.1, 0.15) is 0 Å². The van der Waals surface area contributed by atoms with Crippen molar-refractivity contribution in [3.05, 3.63) is 64.7 Å². The van der Waals surface area contributed by atoms with Crippen LogP contribution < -0.4 is 10.6 Å². The van der Waals surface area contributed by atoms with Gasteiger partial charge in [-0.05, 0) is 48.7 Å². The van der Waals surface area contributed by atoms with Crippen LogP contribution in [0.4, 0.5) is 5.69 Å². The molecule has 2 N–H and O–H groups in total. The van der Waals surface area contributed by atoms with Crippen LogP contribution in [0.5, 0.6) is 0 Å². The van der Waals surface area contributed by atoms with Crippen LogP contribution in [0.3, 0.4) is 0 Å². The quantitative estimate of drug-likeness (QED) is 0.324. The van der Waals surface area contributed by atoms with Gasteiger partial charge >= 0.3 is 0 Å². The lowest BCUT2D eigenvalue weighted by molar-refractivity contribution is -0.114.